The summed E-state index contributed by atoms with van der Waals surface area (Å²) in [6, 6.07) is 4.83. The lowest BCUT2D eigenvalue weighted by Gasteiger charge is -2.37. The molecule has 7 nitrogen and oxygen atoms in total. The molecule has 2 aliphatic rings. The second kappa shape index (κ2) is 9.01. The van der Waals surface area contributed by atoms with Gasteiger partial charge in [-0.15, -0.1) is 0 Å². The maximum absolute atomic E-state index is 11.5. The molecule has 154 valence electrons. The Balaban J connectivity index is 1.55. The van der Waals surface area contributed by atoms with Crippen LogP contribution in [0.1, 0.15) is 50.4 Å². The Morgan fingerprint density at radius 1 is 1.21 bits per heavy atom. The number of hydrogen-bond acceptors (Lipinski definition) is 6. The number of Topliss-reactive ketones (excluding diaryl/α,β-unsaturated/α-hetero) is 1. The van der Waals surface area contributed by atoms with Crippen LogP contribution >= 0.6 is 0 Å². The Bertz CT molecular complexity index is 706. The van der Waals surface area contributed by atoms with Gasteiger partial charge in [-0.05, 0) is 64.6 Å². The van der Waals surface area contributed by atoms with E-state index in [1.165, 1.54) is 19.4 Å². The van der Waals surface area contributed by atoms with E-state index in [0.717, 1.165) is 45.6 Å². The minimum Gasteiger partial charge on any atom is -0.373 e. The van der Waals surface area contributed by atoms with Crippen molar-refractivity contribution in [1.82, 2.24) is 4.90 Å². The molecule has 2 aliphatic heterocycles. The monoisotopic (exact) mass is 389 g/mol. The van der Waals surface area contributed by atoms with Crippen molar-refractivity contribution in [2.45, 2.75) is 52.2 Å². The highest BCUT2D eigenvalue weighted by Crippen LogP contribution is 2.33. The van der Waals surface area contributed by atoms with E-state index in [1.807, 2.05) is 0 Å². The number of carbonyl (C=O) groups excluding carboxylic acids is 1. The average Bonchev–Trinajstić information content (AvgIpc) is 2.65. The SMILES string of the molecule is CC(=O)c1ccc(N2CCC(CCN3CC(C)OC(C)C3)CC2)c([N+](=O)[O-])c1. The molecule has 0 bridgehead atoms. The van der Waals surface area contributed by atoms with Crippen LogP contribution in [0.3, 0.4) is 0 Å². The highest BCUT2D eigenvalue weighted by atomic mass is 16.6. The zero-order valence-corrected chi connectivity index (χ0v) is 17.1. The first-order valence-corrected chi connectivity index (χ1v) is 10.3. The molecule has 0 aromatic heterocycles. The number of nitrogens with zero attached hydrogens (tertiary/aromatic N) is 3. The van der Waals surface area contributed by atoms with Gasteiger partial charge < -0.3 is 9.64 Å². The minimum atomic E-state index is -0.380. The Morgan fingerprint density at radius 3 is 2.43 bits per heavy atom. The summed E-state index contributed by atoms with van der Waals surface area (Å²) in [7, 11) is 0. The van der Waals surface area contributed by atoms with Gasteiger partial charge in [-0.2, -0.15) is 0 Å². The Labute approximate surface area is 166 Å². The number of morpholine rings is 1. The Kier molecular flexibility index (Phi) is 6.67. The number of ketones is 1. The smallest absolute Gasteiger partial charge is 0.293 e. The van der Waals surface area contributed by atoms with Crippen LogP contribution in [0.5, 0.6) is 0 Å². The number of piperidine rings is 1. The third kappa shape index (κ3) is 5.08. The van der Waals surface area contributed by atoms with Crippen molar-refractivity contribution in [3.8, 4) is 0 Å². The van der Waals surface area contributed by atoms with Crippen molar-refractivity contribution in [3.63, 3.8) is 0 Å². The fourth-order valence-corrected chi connectivity index (χ4v) is 4.45. The highest BCUT2D eigenvalue weighted by molar-refractivity contribution is 5.95. The molecule has 2 heterocycles. The second-order valence-electron chi connectivity index (χ2n) is 8.25. The van der Waals surface area contributed by atoms with Crippen LogP contribution in [-0.4, -0.2) is 60.5 Å². The number of anilines is 1. The van der Waals surface area contributed by atoms with Gasteiger partial charge in [-0.3, -0.25) is 19.8 Å². The lowest BCUT2D eigenvalue weighted by molar-refractivity contribution is -0.384. The maximum atomic E-state index is 11.5. The maximum Gasteiger partial charge on any atom is 0.293 e. The summed E-state index contributed by atoms with van der Waals surface area (Å²) in [5.41, 5.74) is 1.05. The van der Waals surface area contributed by atoms with E-state index in [2.05, 4.69) is 23.6 Å². The Hall–Kier alpha value is -1.99. The number of rotatable bonds is 6. The summed E-state index contributed by atoms with van der Waals surface area (Å²) in [6.45, 7) is 10.4. The van der Waals surface area contributed by atoms with Crippen molar-refractivity contribution in [3.05, 3.63) is 33.9 Å². The summed E-state index contributed by atoms with van der Waals surface area (Å²) in [6.07, 6.45) is 3.84. The highest BCUT2D eigenvalue weighted by Gasteiger charge is 2.27. The van der Waals surface area contributed by atoms with E-state index < -0.39 is 0 Å². The van der Waals surface area contributed by atoms with Gasteiger partial charge in [0, 0.05) is 37.8 Å². The fraction of sp³-hybridized carbons (Fsp3) is 0.667. The molecule has 28 heavy (non-hydrogen) atoms. The normalized spacial score (nSPS) is 24.3. The molecule has 0 saturated carbocycles. The van der Waals surface area contributed by atoms with Crippen LogP contribution in [0.25, 0.3) is 0 Å². The lowest BCUT2D eigenvalue weighted by Crippen LogP contribution is -2.46. The number of carbonyl (C=O) groups is 1. The van der Waals surface area contributed by atoms with Crippen LogP contribution < -0.4 is 4.90 Å². The van der Waals surface area contributed by atoms with E-state index in [9.17, 15) is 14.9 Å². The summed E-state index contributed by atoms with van der Waals surface area (Å²) in [4.78, 5) is 27.2. The van der Waals surface area contributed by atoms with Crippen LogP contribution in [0.15, 0.2) is 18.2 Å². The molecule has 2 atom stereocenters. The summed E-state index contributed by atoms with van der Waals surface area (Å²) >= 11 is 0. The third-order valence-electron chi connectivity index (χ3n) is 5.88. The van der Waals surface area contributed by atoms with Crippen LogP contribution in [0.4, 0.5) is 11.4 Å². The van der Waals surface area contributed by atoms with Gasteiger partial charge in [0.1, 0.15) is 5.69 Å². The average molecular weight is 389 g/mol. The molecule has 0 amide bonds. The van der Waals surface area contributed by atoms with E-state index in [-0.39, 0.29) is 16.4 Å². The molecule has 7 heteroatoms. The van der Waals surface area contributed by atoms with Crippen molar-refractivity contribution < 1.29 is 14.5 Å². The Morgan fingerprint density at radius 2 is 1.86 bits per heavy atom. The summed E-state index contributed by atoms with van der Waals surface area (Å²) < 4.78 is 5.80. The molecule has 2 unspecified atom stereocenters. The molecule has 0 N–H and O–H groups in total. The van der Waals surface area contributed by atoms with Gasteiger partial charge in [-0.1, -0.05) is 0 Å². The lowest BCUT2D eigenvalue weighted by atomic mass is 9.92. The standard InChI is InChI=1S/C21H31N3O4/c1-15-13-22(14-16(2)28-15)9-6-18-7-10-23(11-8-18)20-5-4-19(17(3)25)12-21(20)24(26)27/h4-5,12,15-16,18H,6-11,13-14H2,1-3H3. The van der Waals surface area contributed by atoms with Gasteiger partial charge in [0.15, 0.2) is 5.78 Å². The van der Waals surface area contributed by atoms with E-state index in [0.29, 0.717) is 29.4 Å². The first-order valence-electron chi connectivity index (χ1n) is 10.3. The van der Waals surface area contributed by atoms with Crippen molar-refractivity contribution in [2.24, 2.45) is 5.92 Å². The predicted octanol–water partition coefficient (Wildman–Crippen LogP) is 3.51. The quantitative estimate of drug-likeness (QED) is 0.421. The van der Waals surface area contributed by atoms with Gasteiger partial charge in [-0.25, -0.2) is 0 Å². The first-order chi connectivity index (χ1) is 13.3. The van der Waals surface area contributed by atoms with Gasteiger partial charge in [0.25, 0.3) is 5.69 Å². The zero-order chi connectivity index (χ0) is 20.3. The molecular formula is C21H31N3O4. The summed E-state index contributed by atoms with van der Waals surface area (Å²) in [5, 5.41) is 11.5. The van der Waals surface area contributed by atoms with Crippen LogP contribution in [0, 0.1) is 16.0 Å². The zero-order valence-electron chi connectivity index (χ0n) is 17.1. The van der Waals surface area contributed by atoms with E-state index in [1.54, 1.807) is 12.1 Å². The molecule has 1 aromatic rings. The van der Waals surface area contributed by atoms with Crippen LogP contribution in [0.2, 0.25) is 0 Å². The van der Waals surface area contributed by atoms with Gasteiger partial charge >= 0.3 is 0 Å². The van der Waals surface area contributed by atoms with Gasteiger partial charge in [0.05, 0.1) is 17.1 Å². The largest absolute Gasteiger partial charge is 0.373 e. The number of nitro groups is 1. The predicted molar refractivity (Wildman–Crippen MR) is 109 cm³/mol. The van der Waals surface area contributed by atoms with E-state index >= 15 is 0 Å². The fourth-order valence-electron chi connectivity index (χ4n) is 4.45. The van der Waals surface area contributed by atoms with Crippen molar-refractivity contribution in [2.75, 3.05) is 37.6 Å². The number of nitro benzene ring substituents is 1. The van der Waals surface area contributed by atoms with Crippen molar-refractivity contribution in [1.29, 1.82) is 0 Å². The second-order valence-corrected chi connectivity index (χ2v) is 8.25. The molecule has 0 radical (unpaired) electrons. The minimum absolute atomic E-state index is 0.0300. The third-order valence-corrected chi connectivity index (χ3v) is 5.88. The number of benzene rings is 1. The molecule has 3 rings (SSSR count). The number of ether oxygens (including phenoxy) is 1. The molecule has 2 fully saturated rings. The molecular weight excluding hydrogens is 358 g/mol. The first kappa shape index (κ1) is 20.7. The topological polar surface area (TPSA) is 75.9 Å². The summed E-state index contributed by atoms with van der Waals surface area (Å²) in [5.74, 6) is 0.500. The number of hydrogen-bond donors (Lipinski definition) is 0. The van der Waals surface area contributed by atoms with Crippen LogP contribution in [-0.2, 0) is 4.74 Å². The van der Waals surface area contributed by atoms with Gasteiger partial charge in [0.2, 0.25) is 0 Å². The molecule has 2 saturated heterocycles. The molecule has 0 aliphatic carbocycles. The van der Waals surface area contributed by atoms with Crippen molar-refractivity contribution >= 4 is 17.2 Å². The molecule has 0 spiro atoms. The molecule has 1 aromatic carbocycles. The van der Waals surface area contributed by atoms with E-state index in [4.69, 9.17) is 4.74 Å².